The molecule has 0 saturated carbocycles. The Morgan fingerprint density at radius 1 is 1.37 bits per heavy atom. The third kappa shape index (κ3) is 2.06. The van der Waals surface area contributed by atoms with E-state index < -0.39 is 0 Å². The van der Waals surface area contributed by atoms with Gasteiger partial charge in [-0.2, -0.15) is 5.10 Å². The third-order valence-corrected chi connectivity index (χ3v) is 4.22. The van der Waals surface area contributed by atoms with Crippen LogP contribution in [0.3, 0.4) is 0 Å². The van der Waals surface area contributed by atoms with Crippen LogP contribution >= 0.6 is 24.0 Å². The van der Waals surface area contributed by atoms with E-state index in [1.165, 1.54) is 12.8 Å². The summed E-state index contributed by atoms with van der Waals surface area (Å²) < 4.78 is 0. The van der Waals surface area contributed by atoms with Gasteiger partial charge in [0.25, 0.3) is 0 Å². The molecule has 5 nitrogen and oxygen atoms in total. The molecule has 3 saturated heterocycles. The van der Waals surface area contributed by atoms with E-state index >= 15 is 0 Å². The fraction of sp³-hybridized carbons (Fsp3) is 0.500. The lowest BCUT2D eigenvalue weighted by molar-refractivity contribution is 0.289. The lowest BCUT2D eigenvalue weighted by Gasteiger charge is -2.46. The zero-order chi connectivity index (χ0) is 12.1. The zero-order valence-electron chi connectivity index (χ0n) is 10.3. The van der Waals surface area contributed by atoms with Crippen molar-refractivity contribution in [2.45, 2.75) is 24.9 Å². The van der Waals surface area contributed by atoms with Gasteiger partial charge in [0, 0.05) is 37.4 Å². The first-order chi connectivity index (χ1) is 8.81. The molecule has 102 valence electrons. The Labute approximate surface area is 122 Å². The summed E-state index contributed by atoms with van der Waals surface area (Å²) in [5.41, 5.74) is 0.958. The molecule has 3 aliphatic rings. The number of hydrogen-bond acceptors (Lipinski definition) is 4. The van der Waals surface area contributed by atoms with Crippen LogP contribution in [-0.4, -0.2) is 40.4 Å². The molecule has 5 heterocycles. The van der Waals surface area contributed by atoms with Crippen LogP contribution in [0.15, 0.2) is 12.3 Å². The normalized spacial score (nSPS) is 25.6. The highest BCUT2D eigenvalue weighted by Gasteiger charge is 2.35. The van der Waals surface area contributed by atoms with E-state index in [0.29, 0.717) is 17.2 Å². The highest BCUT2D eigenvalue weighted by molar-refractivity contribution is 6.30. The molecule has 0 spiro atoms. The fourth-order valence-electron chi connectivity index (χ4n) is 3.06. The van der Waals surface area contributed by atoms with Gasteiger partial charge in [-0.05, 0) is 12.8 Å². The van der Waals surface area contributed by atoms with Crippen molar-refractivity contribution in [3.05, 3.63) is 17.4 Å². The minimum absolute atomic E-state index is 0. The lowest BCUT2D eigenvalue weighted by Crippen LogP contribution is -2.61. The topological polar surface area (TPSA) is 56.8 Å². The summed E-state index contributed by atoms with van der Waals surface area (Å²) in [5.74, 6) is 1.02. The SMILES string of the molecule is Cl.Clc1cc2[nH]nc(N3CC4CCC3CN4)c2cn1. The first kappa shape index (κ1) is 13.0. The molecule has 3 fully saturated rings. The Bertz CT molecular complexity index is 591. The Kier molecular flexibility index (Phi) is 3.28. The van der Waals surface area contributed by atoms with E-state index in [9.17, 15) is 0 Å². The van der Waals surface area contributed by atoms with E-state index in [2.05, 4.69) is 25.4 Å². The number of nitrogens with zero attached hydrogens (tertiary/aromatic N) is 3. The van der Waals surface area contributed by atoms with Crippen LogP contribution in [0.1, 0.15) is 12.8 Å². The van der Waals surface area contributed by atoms with Crippen LogP contribution in [0.4, 0.5) is 5.82 Å². The Hall–Kier alpha value is -1.04. The van der Waals surface area contributed by atoms with Gasteiger partial charge in [-0.3, -0.25) is 5.10 Å². The van der Waals surface area contributed by atoms with Gasteiger partial charge in [0.05, 0.1) is 10.9 Å². The van der Waals surface area contributed by atoms with Crippen molar-refractivity contribution in [1.82, 2.24) is 20.5 Å². The Morgan fingerprint density at radius 3 is 2.95 bits per heavy atom. The van der Waals surface area contributed by atoms with Gasteiger partial charge in [0.1, 0.15) is 5.15 Å². The van der Waals surface area contributed by atoms with E-state index in [0.717, 1.165) is 29.8 Å². The highest BCUT2D eigenvalue weighted by atomic mass is 35.5. The number of aromatic amines is 1. The Morgan fingerprint density at radius 2 is 2.26 bits per heavy atom. The summed E-state index contributed by atoms with van der Waals surface area (Å²) in [6, 6.07) is 2.98. The lowest BCUT2D eigenvalue weighted by atomic mass is 9.93. The van der Waals surface area contributed by atoms with E-state index in [4.69, 9.17) is 11.6 Å². The van der Waals surface area contributed by atoms with Gasteiger partial charge in [0.15, 0.2) is 5.82 Å². The average molecular weight is 300 g/mol. The van der Waals surface area contributed by atoms with Crippen LogP contribution in [0.2, 0.25) is 5.15 Å². The van der Waals surface area contributed by atoms with Crippen molar-refractivity contribution in [3.63, 3.8) is 0 Å². The number of pyridine rings is 1. The molecule has 7 heteroatoms. The van der Waals surface area contributed by atoms with Gasteiger partial charge in [0.2, 0.25) is 0 Å². The molecule has 19 heavy (non-hydrogen) atoms. The van der Waals surface area contributed by atoms with Crippen molar-refractivity contribution in [2.24, 2.45) is 0 Å². The maximum atomic E-state index is 5.89. The van der Waals surface area contributed by atoms with Crippen molar-refractivity contribution in [3.8, 4) is 0 Å². The number of halogens is 2. The number of nitrogens with one attached hydrogen (secondary N) is 2. The third-order valence-electron chi connectivity index (χ3n) is 4.01. The zero-order valence-corrected chi connectivity index (χ0v) is 11.8. The van der Waals surface area contributed by atoms with E-state index in [1.807, 2.05) is 12.3 Å². The number of fused-ring (bicyclic) bond motifs is 4. The molecule has 2 aromatic rings. The number of anilines is 1. The molecule has 2 atom stereocenters. The number of rotatable bonds is 1. The second-order valence-electron chi connectivity index (χ2n) is 5.09. The van der Waals surface area contributed by atoms with Crippen LogP contribution in [-0.2, 0) is 0 Å². The summed E-state index contributed by atoms with van der Waals surface area (Å²) in [5, 5.41) is 12.6. The molecule has 0 amide bonds. The molecule has 3 aliphatic heterocycles. The number of aromatic nitrogens is 3. The molecule has 0 radical (unpaired) electrons. The smallest absolute Gasteiger partial charge is 0.160 e. The van der Waals surface area contributed by atoms with Crippen molar-refractivity contribution < 1.29 is 0 Å². The number of piperazine rings is 1. The second kappa shape index (κ2) is 4.81. The largest absolute Gasteiger partial charge is 0.349 e. The predicted octanol–water partition coefficient (Wildman–Crippen LogP) is 1.97. The van der Waals surface area contributed by atoms with Gasteiger partial charge in [-0.1, -0.05) is 11.6 Å². The summed E-state index contributed by atoms with van der Waals surface area (Å²) in [7, 11) is 0. The molecule has 0 aromatic carbocycles. The molecule has 2 N–H and O–H groups in total. The summed E-state index contributed by atoms with van der Waals surface area (Å²) >= 11 is 5.89. The summed E-state index contributed by atoms with van der Waals surface area (Å²) in [6.45, 7) is 2.09. The van der Waals surface area contributed by atoms with Crippen molar-refractivity contribution >= 4 is 40.7 Å². The fourth-order valence-corrected chi connectivity index (χ4v) is 3.22. The van der Waals surface area contributed by atoms with Crippen LogP contribution in [0, 0.1) is 0 Å². The minimum Gasteiger partial charge on any atom is -0.349 e. The van der Waals surface area contributed by atoms with Gasteiger partial charge in [-0.25, -0.2) is 4.98 Å². The van der Waals surface area contributed by atoms with Crippen LogP contribution in [0.5, 0.6) is 0 Å². The summed E-state index contributed by atoms with van der Waals surface area (Å²) in [4.78, 5) is 6.56. The second-order valence-corrected chi connectivity index (χ2v) is 5.48. The van der Waals surface area contributed by atoms with Gasteiger partial charge >= 0.3 is 0 Å². The quantitative estimate of drug-likeness (QED) is 0.791. The Balaban J connectivity index is 0.00000110. The molecular weight excluding hydrogens is 285 g/mol. The number of H-pyrrole nitrogens is 1. The first-order valence-corrected chi connectivity index (χ1v) is 6.69. The molecule has 0 aliphatic carbocycles. The van der Waals surface area contributed by atoms with Crippen molar-refractivity contribution in [1.29, 1.82) is 0 Å². The standard InChI is InChI=1S/C12H14ClN5.ClH/c13-11-3-10-9(5-15-11)12(17-16-10)18-6-7-1-2-8(18)4-14-7;/h3,5,7-8,14H,1-2,4,6H2,(H,16,17);1H. The van der Waals surface area contributed by atoms with Crippen molar-refractivity contribution in [2.75, 3.05) is 18.0 Å². The molecule has 2 bridgehead atoms. The minimum atomic E-state index is 0. The van der Waals surface area contributed by atoms with E-state index in [1.54, 1.807) is 0 Å². The number of hydrogen-bond donors (Lipinski definition) is 2. The monoisotopic (exact) mass is 299 g/mol. The predicted molar refractivity (Wildman–Crippen MR) is 78.3 cm³/mol. The molecule has 2 unspecified atom stereocenters. The average Bonchev–Trinajstić information content (AvgIpc) is 2.82. The van der Waals surface area contributed by atoms with Gasteiger partial charge < -0.3 is 10.2 Å². The maximum Gasteiger partial charge on any atom is 0.160 e. The van der Waals surface area contributed by atoms with Gasteiger partial charge in [-0.15, -0.1) is 12.4 Å². The summed E-state index contributed by atoms with van der Waals surface area (Å²) in [6.07, 6.45) is 4.33. The molecular formula is C12H15Cl2N5. The van der Waals surface area contributed by atoms with Crippen LogP contribution in [0.25, 0.3) is 10.9 Å². The van der Waals surface area contributed by atoms with Crippen LogP contribution < -0.4 is 10.2 Å². The highest BCUT2D eigenvalue weighted by Crippen LogP contribution is 2.31. The molecule has 5 rings (SSSR count). The first-order valence-electron chi connectivity index (χ1n) is 6.31. The maximum absolute atomic E-state index is 5.89. The number of piperidine rings is 2. The van der Waals surface area contributed by atoms with E-state index in [-0.39, 0.29) is 12.4 Å². The molecule has 2 aromatic heterocycles.